The first kappa shape index (κ1) is 26.1. The van der Waals surface area contributed by atoms with E-state index in [0.717, 1.165) is 5.56 Å². The third kappa shape index (κ3) is 7.76. The second-order valence-corrected chi connectivity index (χ2v) is 7.42. The van der Waals surface area contributed by atoms with Gasteiger partial charge in [-0.2, -0.15) is 13.2 Å². The van der Waals surface area contributed by atoms with E-state index >= 15 is 0 Å². The van der Waals surface area contributed by atoms with Crippen molar-refractivity contribution in [2.75, 3.05) is 31.0 Å². The standard InChI is InChI=1S/C23H27F3N2O5/c1-4-33-21(23(24,25)26)18-10-7-15(16(13-32-3)12-20(29)30)11-19(18)28-22(31)27-17-8-5-14(2)6-9-17/h5-11,16,21H,4,12-13H2,1-3H3,(H,29,30)(H2,27,28,31)/t16-,21-/m1/s1. The van der Waals surface area contributed by atoms with E-state index in [4.69, 9.17) is 9.47 Å². The Bertz CT molecular complexity index is 948. The smallest absolute Gasteiger partial charge is 0.418 e. The number of alkyl halides is 3. The molecule has 0 aliphatic heterocycles. The SMILES string of the molecule is CCO[C@H](c1ccc([C@@H](COC)CC(=O)O)cc1NC(=O)Nc1ccc(C)cc1)C(F)(F)F. The van der Waals surface area contributed by atoms with Crippen LogP contribution in [0.2, 0.25) is 0 Å². The number of carboxylic acid groups (broad SMARTS) is 1. The van der Waals surface area contributed by atoms with Crippen LogP contribution in [0.4, 0.5) is 29.3 Å². The van der Waals surface area contributed by atoms with Crippen molar-refractivity contribution < 1.29 is 37.3 Å². The molecule has 7 nitrogen and oxygen atoms in total. The molecule has 2 aromatic rings. The maximum atomic E-state index is 13.7. The van der Waals surface area contributed by atoms with Crippen molar-refractivity contribution in [3.63, 3.8) is 0 Å². The molecule has 10 heteroatoms. The summed E-state index contributed by atoms with van der Waals surface area (Å²) in [6.07, 6.45) is -7.29. The van der Waals surface area contributed by atoms with E-state index in [-0.39, 0.29) is 30.9 Å². The molecule has 0 spiro atoms. The summed E-state index contributed by atoms with van der Waals surface area (Å²) >= 11 is 0. The fraction of sp³-hybridized carbons (Fsp3) is 0.391. The highest BCUT2D eigenvalue weighted by atomic mass is 19.4. The minimum absolute atomic E-state index is 0.0365. The lowest BCUT2D eigenvalue weighted by Gasteiger charge is -2.25. The predicted molar refractivity (Wildman–Crippen MR) is 118 cm³/mol. The Morgan fingerprint density at radius 3 is 2.30 bits per heavy atom. The molecule has 0 radical (unpaired) electrons. The second kappa shape index (κ2) is 11.7. The Labute approximate surface area is 189 Å². The lowest BCUT2D eigenvalue weighted by Crippen LogP contribution is -2.27. The average Bonchev–Trinajstić information content (AvgIpc) is 2.72. The summed E-state index contributed by atoms with van der Waals surface area (Å²) < 4.78 is 51.1. The van der Waals surface area contributed by atoms with Crippen molar-refractivity contribution in [3.8, 4) is 0 Å². The zero-order valence-corrected chi connectivity index (χ0v) is 18.5. The van der Waals surface area contributed by atoms with Gasteiger partial charge in [-0.05, 0) is 37.6 Å². The largest absolute Gasteiger partial charge is 0.481 e. The number of rotatable bonds is 10. The van der Waals surface area contributed by atoms with Crippen molar-refractivity contribution in [3.05, 3.63) is 59.2 Å². The predicted octanol–water partition coefficient (Wildman–Crippen LogP) is 5.48. The van der Waals surface area contributed by atoms with E-state index < -0.39 is 30.2 Å². The summed E-state index contributed by atoms with van der Waals surface area (Å²) in [5.41, 5.74) is 1.41. The molecule has 2 atom stereocenters. The summed E-state index contributed by atoms with van der Waals surface area (Å²) in [5.74, 6) is -1.71. The van der Waals surface area contributed by atoms with Crippen molar-refractivity contribution in [2.45, 2.75) is 38.5 Å². The van der Waals surface area contributed by atoms with Gasteiger partial charge >= 0.3 is 18.2 Å². The third-order valence-electron chi connectivity index (χ3n) is 4.81. The van der Waals surface area contributed by atoms with E-state index in [1.807, 2.05) is 6.92 Å². The number of halogens is 3. The quantitative estimate of drug-likeness (QED) is 0.429. The Hall–Kier alpha value is -3.11. The number of aryl methyl sites for hydroxylation is 1. The fourth-order valence-corrected chi connectivity index (χ4v) is 3.30. The Kier molecular flexibility index (Phi) is 9.24. The van der Waals surface area contributed by atoms with Crippen LogP contribution in [0.3, 0.4) is 0 Å². The van der Waals surface area contributed by atoms with Gasteiger partial charge in [0, 0.05) is 36.6 Å². The molecule has 2 aromatic carbocycles. The third-order valence-corrected chi connectivity index (χ3v) is 4.81. The van der Waals surface area contributed by atoms with Gasteiger partial charge in [0.2, 0.25) is 0 Å². The van der Waals surface area contributed by atoms with Crippen molar-refractivity contribution in [1.82, 2.24) is 0 Å². The molecule has 3 N–H and O–H groups in total. The summed E-state index contributed by atoms with van der Waals surface area (Å²) in [5, 5.41) is 14.2. The van der Waals surface area contributed by atoms with E-state index in [1.165, 1.54) is 32.2 Å². The van der Waals surface area contributed by atoms with Crippen LogP contribution in [0.5, 0.6) is 0 Å². The highest BCUT2D eigenvalue weighted by molar-refractivity contribution is 6.00. The van der Waals surface area contributed by atoms with Gasteiger partial charge in [-0.15, -0.1) is 0 Å². The lowest BCUT2D eigenvalue weighted by atomic mass is 9.93. The van der Waals surface area contributed by atoms with E-state index in [2.05, 4.69) is 10.6 Å². The molecule has 2 rings (SSSR count). The minimum atomic E-state index is -4.73. The maximum Gasteiger partial charge on any atom is 0.418 e. The van der Waals surface area contributed by atoms with Crippen LogP contribution in [0.25, 0.3) is 0 Å². The number of benzene rings is 2. The Morgan fingerprint density at radius 1 is 1.09 bits per heavy atom. The molecular weight excluding hydrogens is 441 g/mol. The summed E-state index contributed by atoms with van der Waals surface area (Å²) in [7, 11) is 1.40. The molecule has 180 valence electrons. The molecule has 33 heavy (non-hydrogen) atoms. The van der Waals surface area contributed by atoms with Crippen LogP contribution in [-0.2, 0) is 14.3 Å². The summed E-state index contributed by atoms with van der Waals surface area (Å²) in [4.78, 5) is 23.8. The van der Waals surface area contributed by atoms with Crippen LogP contribution in [0.15, 0.2) is 42.5 Å². The molecule has 0 saturated heterocycles. The van der Waals surface area contributed by atoms with Gasteiger partial charge in [0.15, 0.2) is 6.10 Å². The first-order valence-corrected chi connectivity index (χ1v) is 10.2. The van der Waals surface area contributed by atoms with Gasteiger partial charge in [0.1, 0.15) is 0 Å². The lowest BCUT2D eigenvalue weighted by molar-refractivity contribution is -0.222. The van der Waals surface area contributed by atoms with Crippen LogP contribution < -0.4 is 10.6 Å². The number of methoxy groups -OCH3 is 1. The number of carbonyl (C=O) groups is 2. The van der Waals surface area contributed by atoms with Crippen molar-refractivity contribution in [2.24, 2.45) is 0 Å². The van der Waals surface area contributed by atoms with Gasteiger partial charge in [-0.1, -0.05) is 29.8 Å². The van der Waals surface area contributed by atoms with E-state index in [9.17, 15) is 27.9 Å². The van der Waals surface area contributed by atoms with E-state index in [0.29, 0.717) is 11.3 Å². The average molecular weight is 468 g/mol. The van der Waals surface area contributed by atoms with E-state index in [1.54, 1.807) is 24.3 Å². The molecule has 0 heterocycles. The summed E-state index contributed by atoms with van der Waals surface area (Å²) in [6, 6.07) is 10.0. The molecule has 0 saturated carbocycles. The Balaban J connectivity index is 2.45. The number of aliphatic carboxylic acids is 1. The van der Waals surface area contributed by atoms with Crippen molar-refractivity contribution in [1.29, 1.82) is 0 Å². The van der Waals surface area contributed by atoms with Gasteiger partial charge in [-0.3, -0.25) is 4.79 Å². The van der Waals surface area contributed by atoms with Gasteiger partial charge < -0.3 is 25.2 Å². The first-order chi connectivity index (χ1) is 15.5. The molecule has 0 aromatic heterocycles. The maximum absolute atomic E-state index is 13.7. The monoisotopic (exact) mass is 468 g/mol. The molecule has 0 unspecified atom stereocenters. The zero-order valence-electron chi connectivity index (χ0n) is 18.5. The van der Waals surface area contributed by atoms with Crippen LogP contribution in [-0.4, -0.2) is 43.6 Å². The molecule has 0 bridgehead atoms. The second-order valence-electron chi connectivity index (χ2n) is 7.42. The normalized spacial score (nSPS) is 13.3. The Morgan fingerprint density at radius 2 is 1.76 bits per heavy atom. The topological polar surface area (TPSA) is 96.9 Å². The molecule has 2 amide bonds. The number of carbonyl (C=O) groups excluding carboxylic acids is 1. The number of carboxylic acids is 1. The van der Waals surface area contributed by atoms with Crippen LogP contribution >= 0.6 is 0 Å². The zero-order chi connectivity index (χ0) is 24.6. The van der Waals surface area contributed by atoms with Crippen molar-refractivity contribution >= 4 is 23.4 Å². The number of hydrogen-bond acceptors (Lipinski definition) is 4. The molecular formula is C23H27F3N2O5. The van der Waals surface area contributed by atoms with Crippen LogP contribution in [0.1, 0.15) is 42.1 Å². The molecule has 0 fully saturated rings. The molecule has 0 aliphatic rings. The number of amides is 2. The first-order valence-electron chi connectivity index (χ1n) is 10.2. The van der Waals surface area contributed by atoms with Crippen LogP contribution in [0, 0.1) is 6.92 Å². The highest BCUT2D eigenvalue weighted by Gasteiger charge is 2.43. The summed E-state index contributed by atoms with van der Waals surface area (Å²) in [6.45, 7) is 3.15. The van der Waals surface area contributed by atoms with Gasteiger partial charge in [-0.25, -0.2) is 4.79 Å². The van der Waals surface area contributed by atoms with Gasteiger partial charge in [0.25, 0.3) is 0 Å². The number of urea groups is 1. The van der Waals surface area contributed by atoms with Gasteiger partial charge in [0.05, 0.1) is 13.0 Å². The minimum Gasteiger partial charge on any atom is -0.481 e. The number of hydrogen-bond donors (Lipinski definition) is 3. The molecule has 0 aliphatic carbocycles. The highest BCUT2D eigenvalue weighted by Crippen LogP contribution is 2.40. The fourth-order valence-electron chi connectivity index (χ4n) is 3.30. The number of nitrogens with one attached hydrogen (secondary N) is 2. The number of ether oxygens (including phenoxy) is 2. The number of anilines is 2.